The minimum atomic E-state index is -4.02. The molecule has 80 valence electrons. The van der Waals surface area contributed by atoms with Crippen molar-refractivity contribution < 1.29 is 23.4 Å². The minimum Gasteiger partial charge on any atom is -0.480 e. The summed E-state index contributed by atoms with van der Waals surface area (Å²) in [6, 6.07) is -0.166. The van der Waals surface area contributed by atoms with Gasteiger partial charge in [0.2, 0.25) is 10.0 Å². The van der Waals surface area contributed by atoms with Crippen molar-refractivity contribution in [3.63, 3.8) is 0 Å². The Morgan fingerprint density at radius 3 is 2.43 bits per heavy atom. The molecule has 0 aliphatic carbocycles. The van der Waals surface area contributed by atoms with Gasteiger partial charge in [0, 0.05) is 0 Å². The predicted octanol–water partition coefficient (Wildman–Crippen LogP) is -1.74. The first-order valence-corrected chi connectivity index (χ1v) is 5.14. The van der Waals surface area contributed by atoms with Gasteiger partial charge in [-0.2, -0.15) is 9.98 Å². The van der Waals surface area contributed by atoms with E-state index in [1.165, 1.54) is 6.07 Å². The van der Waals surface area contributed by atoms with Crippen LogP contribution in [0.5, 0.6) is 0 Å². The fourth-order valence-corrected chi connectivity index (χ4v) is 1.45. The Kier molecular flexibility index (Phi) is 4.49. The van der Waals surface area contributed by atoms with Gasteiger partial charge >= 0.3 is 5.97 Å². The zero-order valence-corrected chi connectivity index (χ0v) is 8.15. The molecule has 2 atom stereocenters. The Morgan fingerprint density at radius 1 is 1.64 bits per heavy atom. The van der Waals surface area contributed by atoms with Gasteiger partial charge in [0.25, 0.3) is 0 Å². The van der Waals surface area contributed by atoms with Crippen LogP contribution in [0.1, 0.15) is 6.92 Å². The highest BCUT2D eigenvalue weighted by Crippen LogP contribution is 1.98. The van der Waals surface area contributed by atoms with Gasteiger partial charge in [0.15, 0.2) is 5.25 Å². The highest BCUT2D eigenvalue weighted by Gasteiger charge is 2.27. The van der Waals surface area contributed by atoms with Gasteiger partial charge < -0.3 is 10.2 Å². The van der Waals surface area contributed by atoms with Crippen LogP contribution < -0.4 is 4.72 Å². The van der Waals surface area contributed by atoms with Crippen LogP contribution in [0.25, 0.3) is 0 Å². The van der Waals surface area contributed by atoms with E-state index in [9.17, 15) is 13.2 Å². The van der Waals surface area contributed by atoms with Crippen LogP contribution in [0.15, 0.2) is 0 Å². The molecule has 0 aliphatic heterocycles. The van der Waals surface area contributed by atoms with Crippen LogP contribution in [0.4, 0.5) is 0 Å². The molecule has 0 aromatic rings. The zero-order chi connectivity index (χ0) is 11.4. The molecule has 0 aromatic heterocycles. The van der Waals surface area contributed by atoms with E-state index < -0.39 is 33.9 Å². The highest BCUT2D eigenvalue weighted by atomic mass is 32.2. The molecular formula is C6H10N2O5S. The first kappa shape index (κ1) is 12.8. The molecule has 0 aliphatic rings. The Bertz CT molecular complexity index is 344. The van der Waals surface area contributed by atoms with Crippen LogP contribution in [-0.4, -0.2) is 42.5 Å². The second-order valence-corrected chi connectivity index (χ2v) is 4.54. The van der Waals surface area contributed by atoms with Crippen molar-refractivity contribution in [2.75, 3.05) is 6.61 Å². The third-order valence-electron chi connectivity index (χ3n) is 1.43. The van der Waals surface area contributed by atoms with Gasteiger partial charge in [0.1, 0.15) is 6.04 Å². The number of hydrogen-bond donors (Lipinski definition) is 3. The molecule has 0 fully saturated rings. The quantitative estimate of drug-likeness (QED) is 0.506. The zero-order valence-electron chi connectivity index (χ0n) is 7.34. The summed E-state index contributed by atoms with van der Waals surface area (Å²) >= 11 is 0. The summed E-state index contributed by atoms with van der Waals surface area (Å²) in [4.78, 5) is 10.3. The fourth-order valence-electron chi connectivity index (χ4n) is 0.536. The third kappa shape index (κ3) is 3.29. The largest absolute Gasteiger partial charge is 0.480 e. The second kappa shape index (κ2) is 4.90. The average molecular weight is 222 g/mol. The van der Waals surface area contributed by atoms with Gasteiger partial charge in [-0.1, -0.05) is 0 Å². The van der Waals surface area contributed by atoms with Crippen molar-refractivity contribution >= 4 is 16.0 Å². The van der Waals surface area contributed by atoms with Gasteiger partial charge in [-0.3, -0.25) is 4.79 Å². The number of rotatable bonds is 5. The number of carbonyl (C=O) groups is 1. The number of nitrogens with one attached hydrogen (secondary N) is 1. The van der Waals surface area contributed by atoms with Crippen LogP contribution >= 0.6 is 0 Å². The molecule has 14 heavy (non-hydrogen) atoms. The molecule has 0 saturated heterocycles. The van der Waals surface area contributed by atoms with Gasteiger partial charge in [-0.05, 0) is 6.92 Å². The molecule has 8 heteroatoms. The summed E-state index contributed by atoms with van der Waals surface area (Å²) in [6.07, 6.45) is 0. The predicted molar refractivity (Wildman–Crippen MR) is 45.6 cm³/mol. The topological polar surface area (TPSA) is 127 Å². The van der Waals surface area contributed by atoms with Crippen LogP contribution in [0.3, 0.4) is 0 Å². The molecule has 0 amide bonds. The summed E-state index contributed by atoms with van der Waals surface area (Å²) in [7, 11) is -4.02. The SMILES string of the molecule is CC(C#N)S(=O)(=O)NC(CO)C(=O)O. The molecule has 0 bridgehead atoms. The Labute approximate surface area is 81.0 Å². The Morgan fingerprint density at radius 2 is 2.14 bits per heavy atom. The number of carboxylic acids is 1. The number of aliphatic hydroxyl groups is 1. The summed E-state index contributed by atoms with van der Waals surface area (Å²) in [5.41, 5.74) is 0. The van der Waals surface area contributed by atoms with E-state index in [2.05, 4.69) is 0 Å². The van der Waals surface area contributed by atoms with Crippen molar-refractivity contribution in [2.45, 2.75) is 18.2 Å². The lowest BCUT2D eigenvalue weighted by atomic mass is 10.3. The maximum atomic E-state index is 11.1. The molecule has 0 radical (unpaired) electrons. The Hall–Kier alpha value is -1.17. The summed E-state index contributed by atoms with van der Waals surface area (Å²) < 4.78 is 23.9. The average Bonchev–Trinajstić information content (AvgIpc) is 2.12. The molecule has 2 unspecified atom stereocenters. The third-order valence-corrected chi connectivity index (χ3v) is 3.08. The van der Waals surface area contributed by atoms with Crippen molar-refractivity contribution in [2.24, 2.45) is 0 Å². The van der Waals surface area contributed by atoms with Crippen LogP contribution in [-0.2, 0) is 14.8 Å². The maximum Gasteiger partial charge on any atom is 0.324 e. The molecule has 3 N–H and O–H groups in total. The number of sulfonamides is 1. The standard InChI is InChI=1S/C6H10N2O5S/c1-4(2-7)14(12,13)8-5(3-9)6(10)11/h4-5,8-9H,3H2,1H3,(H,10,11). The number of aliphatic carboxylic acids is 1. The lowest BCUT2D eigenvalue weighted by Crippen LogP contribution is -2.46. The monoisotopic (exact) mass is 222 g/mol. The molecule has 0 saturated carbocycles. The number of hydrogen-bond acceptors (Lipinski definition) is 5. The molecular weight excluding hydrogens is 212 g/mol. The van der Waals surface area contributed by atoms with Crippen molar-refractivity contribution in [1.29, 1.82) is 5.26 Å². The maximum absolute atomic E-state index is 11.1. The number of nitrogens with zero attached hydrogens (tertiary/aromatic N) is 1. The molecule has 7 nitrogen and oxygen atoms in total. The molecule has 0 spiro atoms. The van der Waals surface area contributed by atoms with E-state index in [-0.39, 0.29) is 0 Å². The molecule has 0 rings (SSSR count). The fraction of sp³-hybridized carbons (Fsp3) is 0.667. The normalized spacial score (nSPS) is 15.5. The first-order chi connectivity index (χ1) is 6.35. The summed E-state index contributed by atoms with van der Waals surface area (Å²) in [6.45, 7) is 0.241. The van der Waals surface area contributed by atoms with E-state index in [1.807, 2.05) is 0 Å². The van der Waals surface area contributed by atoms with E-state index in [0.717, 1.165) is 6.92 Å². The van der Waals surface area contributed by atoms with E-state index >= 15 is 0 Å². The summed E-state index contributed by atoms with van der Waals surface area (Å²) in [5, 5.41) is 23.9. The van der Waals surface area contributed by atoms with Crippen molar-refractivity contribution in [1.82, 2.24) is 4.72 Å². The van der Waals surface area contributed by atoms with E-state index in [0.29, 0.717) is 0 Å². The van der Waals surface area contributed by atoms with Gasteiger partial charge in [-0.25, -0.2) is 8.42 Å². The van der Waals surface area contributed by atoms with E-state index in [1.54, 1.807) is 4.72 Å². The van der Waals surface area contributed by atoms with Crippen molar-refractivity contribution in [3.8, 4) is 6.07 Å². The first-order valence-electron chi connectivity index (χ1n) is 3.59. The minimum absolute atomic E-state index is 0.868. The number of nitriles is 1. The Balaban J connectivity index is 4.67. The number of aliphatic hydroxyl groups excluding tert-OH is 1. The van der Waals surface area contributed by atoms with Crippen LogP contribution in [0, 0.1) is 11.3 Å². The van der Waals surface area contributed by atoms with Gasteiger partial charge in [-0.15, -0.1) is 0 Å². The second-order valence-electron chi connectivity index (χ2n) is 2.51. The van der Waals surface area contributed by atoms with Gasteiger partial charge in [0.05, 0.1) is 12.7 Å². The summed E-state index contributed by atoms with van der Waals surface area (Å²) in [5.74, 6) is -1.50. The smallest absolute Gasteiger partial charge is 0.324 e. The lowest BCUT2D eigenvalue weighted by Gasteiger charge is -2.12. The molecule has 0 aromatic carbocycles. The highest BCUT2D eigenvalue weighted by molar-refractivity contribution is 7.90. The number of carboxylic acid groups (broad SMARTS) is 1. The lowest BCUT2D eigenvalue weighted by molar-refractivity contribution is -0.139. The van der Waals surface area contributed by atoms with E-state index in [4.69, 9.17) is 15.5 Å². The molecule has 0 heterocycles. The van der Waals surface area contributed by atoms with Crippen LogP contribution in [0.2, 0.25) is 0 Å². The van der Waals surface area contributed by atoms with Crippen molar-refractivity contribution in [3.05, 3.63) is 0 Å².